The first-order valence-corrected chi connectivity index (χ1v) is 5.00. The average Bonchev–Trinajstić information content (AvgIpc) is 2.56. The van der Waals surface area contributed by atoms with Crippen LogP contribution in [0.5, 0.6) is 0 Å². The number of H-pyrrole nitrogens is 1. The Hall–Kier alpha value is -1.16. The van der Waals surface area contributed by atoms with E-state index in [4.69, 9.17) is 0 Å². The van der Waals surface area contributed by atoms with Crippen molar-refractivity contribution in [2.75, 3.05) is 13.1 Å². The molecular formula is C10H15N3O. The fraction of sp³-hybridized carbons (Fsp3) is 0.600. The second-order valence-electron chi connectivity index (χ2n) is 3.86. The highest BCUT2D eigenvalue weighted by atomic mass is 16.1. The van der Waals surface area contributed by atoms with Crippen molar-refractivity contribution in [2.45, 2.75) is 19.8 Å². The molecule has 1 unspecified atom stereocenters. The van der Waals surface area contributed by atoms with Crippen LogP contribution in [0, 0.1) is 12.8 Å². The van der Waals surface area contributed by atoms with Crippen LogP contribution < -0.4 is 5.32 Å². The molecule has 2 N–H and O–H groups in total. The number of nitrogens with zero attached hydrogens (tertiary/aromatic N) is 1. The summed E-state index contributed by atoms with van der Waals surface area (Å²) in [5.41, 5.74) is 2.04. The van der Waals surface area contributed by atoms with Gasteiger partial charge < -0.3 is 5.32 Å². The maximum atomic E-state index is 11.5. The Kier molecular flexibility index (Phi) is 2.63. The first-order chi connectivity index (χ1) is 6.75. The van der Waals surface area contributed by atoms with Crippen LogP contribution in [0.2, 0.25) is 0 Å². The Bertz CT molecular complexity index is 332. The summed E-state index contributed by atoms with van der Waals surface area (Å²) in [5.74, 6) is 0.482. The quantitative estimate of drug-likeness (QED) is 0.716. The van der Waals surface area contributed by atoms with Crippen molar-refractivity contribution in [3.05, 3.63) is 17.5 Å². The molecule has 14 heavy (non-hydrogen) atoms. The van der Waals surface area contributed by atoms with E-state index in [1.807, 2.05) is 13.0 Å². The molecule has 0 saturated carbocycles. The Labute approximate surface area is 83.1 Å². The van der Waals surface area contributed by atoms with Gasteiger partial charge in [0, 0.05) is 37.5 Å². The van der Waals surface area contributed by atoms with Gasteiger partial charge in [-0.3, -0.25) is 9.89 Å². The van der Waals surface area contributed by atoms with Gasteiger partial charge in [-0.1, -0.05) is 0 Å². The van der Waals surface area contributed by atoms with E-state index in [1.165, 1.54) is 0 Å². The summed E-state index contributed by atoms with van der Waals surface area (Å²) in [5, 5.41) is 10.3. The van der Waals surface area contributed by atoms with Crippen LogP contribution in [0.4, 0.5) is 0 Å². The van der Waals surface area contributed by atoms with E-state index in [9.17, 15) is 4.79 Å². The van der Waals surface area contributed by atoms with Crippen LogP contribution in [0.3, 0.4) is 0 Å². The van der Waals surface area contributed by atoms with Gasteiger partial charge in [0.15, 0.2) is 0 Å². The normalized spacial score (nSPS) is 22.6. The standard InChI is InChI=1S/C10H15N3O/c1-7-4-9(13-12-7)5-8-6-11-3-2-10(8)14/h4,8,11H,2-3,5-6H2,1H3,(H,12,13). The molecule has 1 fully saturated rings. The maximum Gasteiger partial charge on any atom is 0.138 e. The molecule has 1 aromatic rings. The number of ketones is 1. The smallest absolute Gasteiger partial charge is 0.138 e. The SMILES string of the molecule is Cc1cc(CC2CNCCC2=O)n[nH]1. The summed E-state index contributed by atoms with van der Waals surface area (Å²) in [7, 11) is 0. The minimum Gasteiger partial charge on any atom is -0.316 e. The number of aryl methyl sites for hydroxylation is 1. The molecule has 4 heteroatoms. The van der Waals surface area contributed by atoms with Crippen molar-refractivity contribution in [2.24, 2.45) is 5.92 Å². The fourth-order valence-electron chi connectivity index (χ4n) is 1.82. The Morgan fingerprint density at radius 3 is 3.14 bits per heavy atom. The van der Waals surface area contributed by atoms with Gasteiger partial charge in [0.1, 0.15) is 5.78 Å². The molecule has 1 aliphatic heterocycles. The predicted molar refractivity (Wildman–Crippen MR) is 53.0 cm³/mol. The lowest BCUT2D eigenvalue weighted by Gasteiger charge is -2.20. The van der Waals surface area contributed by atoms with E-state index >= 15 is 0 Å². The van der Waals surface area contributed by atoms with Crippen LogP contribution in [0.1, 0.15) is 17.8 Å². The van der Waals surface area contributed by atoms with Gasteiger partial charge in [-0.2, -0.15) is 5.10 Å². The minimum atomic E-state index is 0.117. The number of aromatic nitrogens is 2. The molecule has 1 aromatic heterocycles. The number of piperidine rings is 1. The predicted octanol–water partition coefficient (Wildman–Crippen LogP) is 0.439. The van der Waals surface area contributed by atoms with Gasteiger partial charge in [0.05, 0.1) is 5.69 Å². The molecule has 1 saturated heterocycles. The second-order valence-corrected chi connectivity index (χ2v) is 3.86. The first-order valence-electron chi connectivity index (χ1n) is 5.00. The molecule has 76 valence electrons. The maximum absolute atomic E-state index is 11.5. The van der Waals surface area contributed by atoms with Crippen molar-refractivity contribution >= 4 is 5.78 Å². The molecule has 1 atom stereocenters. The van der Waals surface area contributed by atoms with Crippen LogP contribution in [-0.2, 0) is 11.2 Å². The van der Waals surface area contributed by atoms with Crippen molar-refractivity contribution < 1.29 is 4.79 Å². The van der Waals surface area contributed by atoms with Gasteiger partial charge in [-0.15, -0.1) is 0 Å². The first kappa shape index (κ1) is 9.40. The zero-order valence-corrected chi connectivity index (χ0v) is 8.34. The van der Waals surface area contributed by atoms with E-state index < -0.39 is 0 Å². The molecule has 0 radical (unpaired) electrons. The van der Waals surface area contributed by atoms with Crippen LogP contribution >= 0.6 is 0 Å². The van der Waals surface area contributed by atoms with Gasteiger partial charge >= 0.3 is 0 Å². The lowest BCUT2D eigenvalue weighted by Crippen LogP contribution is -2.38. The van der Waals surface area contributed by atoms with Crippen LogP contribution in [0.25, 0.3) is 0 Å². The number of rotatable bonds is 2. The lowest BCUT2D eigenvalue weighted by molar-refractivity contribution is -0.123. The zero-order chi connectivity index (χ0) is 9.97. The highest BCUT2D eigenvalue weighted by molar-refractivity contribution is 5.82. The summed E-state index contributed by atoms with van der Waals surface area (Å²) in [6.07, 6.45) is 1.42. The number of nitrogens with one attached hydrogen (secondary N) is 2. The third-order valence-corrected chi connectivity index (χ3v) is 2.61. The Balaban J connectivity index is 1.99. The van der Waals surface area contributed by atoms with Gasteiger partial charge in [-0.05, 0) is 13.0 Å². The number of Topliss-reactive ketones (excluding diaryl/α,β-unsaturated/α-hetero) is 1. The monoisotopic (exact) mass is 193 g/mol. The van der Waals surface area contributed by atoms with Gasteiger partial charge in [0.25, 0.3) is 0 Å². The van der Waals surface area contributed by atoms with E-state index in [-0.39, 0.29) is 5.92 Å². The number of carbonyl (C=O) groups is 1. The molecule has 0 spiro atoms. The average molecular weight is 193 g/mol. The van der Waals surface area contributed by atoms with Crippen molar-refractivity contribution in [1.29, 1.82) is 0 Å². The summed E-state index contributed by atoms with van der Waals surface area (Å²) in [6, 6.07) is 2.00. The van der Waals surface area contributed by atoms with Crippen molar-refractivity contribution in [3.63, 3.8) is 0 Å². The van der Waals surface area contributed by atoms with Gasteiger partial charge in [0.2, 0.25) is 0 Å². The van der Waals surface area contributed by atoms with Crippen molar-refractivity contribution in [3.8, 4) is 0 Å². The third kappa shape index (κ3) is 2.01. The van der Waals surface area contributed by atoms with Crippen LogP contribution in [0.15, 0.2) is 6.07 Å². The Morgan fingerprint density at radius 2 is 2.50 bits per heavy atom. The third-order valence-electron chi connectivity index (χ3n) is 2.61. The lowest BCUT2D eigenvalue weighted by atomic mass is 9.93. The van der Waals surface area contributed by atoms with Crippen LogP contribution in [-0.4, -0.2) is 29.1 Å². The minimum absolute atomic E-state index is 0.117. The topological polar surface area (TPSA) is 57.8 Å². The molecule has 4 nitrogen and oxygen atoms in total. The second kappa shape index (κ2) is 3.92. The molecule has 0 aromatic carbocycles. The molecule has 1 aliphatic rings. The van der Waals surface area contributed by atoms with E-state index in [0.717, 1.165) is 30.9 Å². The molecule has 0 aliphatic carbocycles. The largest absolute Gasteiger partial charge is 0.316 e. The molecule has 0 amide bonds. The Morgan fingerprint density at radius 1 is 1.64 bits per heavy atom. The number of carbonyl (C=O) groups excluding carboxylic acids is 1. The number of hydrogen-bond acceptors (Lipinski definition) is 3. The number of aromatic amines is 1. The summed E-state index contributed by atoms with van der Waals surface area (Å²) < 4.78 is 0. The highest BCUT2D eigenvalue weighted by Crippen LogP contribution is 2.12. The number of hydrogen-bond donors (Lipinski definition) is 2. The van der Waals surface area contributed by atoms with Gasteiger partial charge in [-0.25, -0.2) is 0 Å². The summed E-state index contributed by atoms with van der Waals surface area (Å²) in [4.78, 5) is 11.5. The zero-order valence-electron chi connectivity index (χ0n) is 8.34. The molecule has 2 rings (SSSR count). The summed E-state index contributed by atoms with van der Waals surface area (Å²) >= 11 is 0. The molecule has 0 bridgehead atoms. The highest BCUT2D eigenvalue weighted by Gasteiger charge is 2.22. The molecular weight excluding hydrogens is 178 g/mol. The fourth-order valence-corrected chi connectivity index (χ4v) is 1.82. The van der Waals surface area contributed by atoms with Crippen molar-refractivity contribution in [1.82, 2.24) is 15.5 Å². The van der Waals surface area contributed by atoms with E-state index in [0.29, 0.717) is 12.2 Å². The summed E-state index contributed by atoms with van der Waals surface area (Å²) in [6.45, 7) is 3.59. The van der Waals surface area contributed by atoms with E-state index in [1.54, 1.807) is 0 Å². The molecule has 2 heterocycles. The van der Waals surface area contributed by atoms with E-state index in [2.05, 4.69) is 15.5 Å².